The lowest BCUT2D eigenvalue weighted by molar-refractivity contribution is -0.139. The van der Waals surface area contributed by atoms with E-state index in [1.165, 1.54) is 22.9 Å². The number of fused-ring (bicyclic) bond motifs is 5. The lowest BCUT2D eigenvalue weighted by Crippen LogP contribution is -2.33. The van der Waals surface area contributed by atoms with Crippen molar-refractivity contribution in [1.82, 2.24) is 15.0 Å². The van der Waals surface area contributed by atoms with Crippen molar-refractivity contribution in [3.63, 3.8) is 0 Å². The molecule has 8 heteroatoms. The van der Waals surface area contributed by atoms with E-state index in [-0.39, 0.29) is 17.3 Å². The molecule has 30 heavy (non-hydrogen) atoms. The number of carbonyl (C=O) groups excluding carboxylic acids is 1. The van der Waals surface area contributed by atoms with Crippen LogP contribution in [0.1, 0.15) is 51.4 Å². The topological polar surface area (TPSA) is 74.2 Å². The molecule has 0 fully saturated rings. The Balaban J connectivity index is 1.87. The smallest absolute Gasteiger partial charge is 0.316 e. The number of thiophene rings is 1. The molecule has 0 saturated heterocycles. The van der Waals surface area contributed by atoms with Gasteiger partial charge in [-0.1, -0.05) is 25.6 Å². The molecular weight excluding hydrogens is 418 g/mol. The average Bonchev–Trinajstić information content (AvgIpc) is 3.04. The van der Waals surface area contributed by atoms with Gasteiger partial charge in [-0.15, -0.1) is 11.3 Å². The van der Waals surface area contributed by atoms with E-state index < -0.39 is 0 Å². The van der Waals surface area contributed by atoms with Crippen molar-refractivity contribution in [2.45, 2.75) is 64.7 Å². The van der Waals surface area contributed by atoms with Gasteiger partial charge in [-0.3, -0.25) is 4.79 Å². The Hall–Kier alpha value is -1.77. The third-order valence-corrected chi connectivity index (χ3v) is 7.29. The molecule has 6 nitrogen and oxygen atoms in total. The Morgan fingerprint density at radius 2 is 2.13 bits per heavy atom. The van der Waals surface area contributed by atoms with Gasteiger partial charge in [0.1, 0.15) is 16.2 Å². The first kappa shape index (κ1) is 21.5. The maximum Gasteiger partial charge on any atom is 0.316 e. The fraction of sp³-hybridized carbons (Fsp3) is 0.545. The van der Waals surface area contributed by atoms with Crippen LogP contribution >= 0.6 is 23.1 Å². The lowest BCUT2D eigenvalue weighted by atomic mass is 9.88. The van der Waals surface area contributed by atoms with E-state index in [9.17, 15) is 4.79 Å². The van der Waals surface area contributed by atoms with Gasteiger partial charge in [0.2, 0.25) is 0 Å². The fourth-order valence-corrected chi connectivity index (χ4v) is 5.89. The van der Waals surface area contributed by atoms with Gasteiger partial charge in [-0.05, 0) is 38.7 Å². The van der Waals surface area contributed by atoms with Crippen molar-refractivity contribution in [3.8, 4) is 0 Å². The molecule has 4 heterocycles. The SMILES string of the molecule is CCOC(=O)CSc1ncnc2c1sc1nc(CC(C)C)c3c(c12)CC(C)(C)OC3. The minimum absolute atomic E-state index is 0.223. The maximum atomic E-state index is 11.8. The maximum absolute atomic E-state index is 11.8. The number of aromatic nitrogens is 3. The summed E-state index contributed by atoms with van der Waals surface area (Å²) < 4.78 is 12.2. The summed E-state index contributed by atoms with van der Waals surface area (Å²) in [5.74, 6) is 0.516. The number of rotatable bonds is 6. The molecule has 1 aliphatic rings. The molecule has 0 radical (unpaired) electrons. The summed E-state index contributed by atoms with van der Waals surface area (Å²) in [7, 11) is 0. The van der Waals surface area contributed by atoms with Crippen molar-refractivity contribution in [2.24, 2.45) is 5.92 Å². The standard InChI is InChI=1S/C22H27N3O3S2/c1-6-27-16(26)10-29-21-19-18(23-11-24-21)17-13-8-22(4,5)28-9-14(13)15(7-12(2)3)25-20(17)30-19/h11-12H,6-10H2,1-5H3. The second kappa shape index (κ2) is 8.40. The summed E-state index contributed by atoms with van der Waals surface area (Å²) in [6.45, 7) is 11.5. The molecule has 3 aromatic rings. The Labute approximate surface area is 184 Å². The van der Waals surface area contributed by atoms with Crippen LogP contribution in [0.4, 0.5) is 0 Å². The van der Waals surface area contributed by atoms with E-state index in [2.05, 4.69) is 37.7 Å². The van der Waals surface area contributed by atoms with E-state index >= 15 is 0 Å². The molecule has 0 amide bonds. The predicted molar refractivity (Wildman–Crippen MR) is 121 cm³/mol. The van der Waals surface area contributed by atoms with Crippen LogP contribution in [0.25, 0.3) is 20.4 Å². The van der Waals surface area contributed by atoms with E-state index in [0.717, 1.165) is 44.0 Å². The van der Waals surface area contributed by atoms with Crippen LogP contribution < -0.4 is 0 Å². The van der Waals surface area contributed by atoms with Crippen LogP contribution in [0.3, 0.4) is 0 Å². The van der Waals surface area contributed by atoms with Crippen LogP contribution in [0.2, 0.25) is 0 Å². The number of thioether (sulfide) groups is 1. The van der Waals surface area contributed by atoms with Crippen LogP contribution in [-0.2, 0) is 33.7 Å². The van der Waals surface area contributed by atoms with Gasteiger partial charge in [0.25, 0.3) is 0 Å². The third kappa shape index (κ3) is 4.18. The lowest BCUT2D eigenvalue weighted by Gasteiger charge is -2.33. The molecule has 1 aliphatic heterocycles. The van der Waals surface area contributed by atoms with Gasteiger partial charge in [-0.25, -0.2) is 15.0 Å². The molecule has 0 spiro atoms. The van der Waals surface area contributed by atoms with Crippen molar-refractivity contribution >= 4 is 49.5 Å². The predicted octanol–water partition coefficient (Wildman–Crippen LogP) is 4.94. The zero-order valence-electron chi connectivity index (χ0n) is 18.1. The molecule has 0 saturated carbocycles. The van der Waals surface area contributed by atoms with Gasteiger partial charge < -0.3 is 9.47 Å². The highest BCUT2D eigenvalue weighted by Gasteiger charge is 2.31. The minimum atomic E-state index is -0.232. The molecule has 0 unspecified atom stereocenters. The number of pyridine rings is 1. The summed E-state index contributed by atoms with van der Waals surface area (Å²) in [5.41, 5.74) is 4.35. The minimum Gasteiger partial charge on any atom is -0.465 e. The zero-order valence-corrected chi connectivity index (χ0v) is 19.7. The number of carbonyl (C=O) groups is 1. The third-order valence-electron chi connectivity index (χ3n) is 5.11. The first-order valence-electron chi connectivity index (χ1n) is 10.3. The second-order valence-corrected chi connectivity index (χ2v) is 10.5. The summed E-state index contributed by atoms with van der Waals surface area (Å²) in [6, 6.07) is 0. The highest BCUT2D eigenvalue weighted by atomic mass is 32.2. The van der Waals surface area contributed by atoms with E-state index in [4.69, 9.17) is 14.5 Å². The molecular formula is C22H27N3O3S2. The van der Waals surface area contributed by atoms with Gasteiger partial charge >= 0.3 is 5.97 Å². The summed E-state index contributed by atoms with van der Waals surface area (Å²) >= 11 is 3.02. The van der Waals surface area contributed by atoms with Crippen molar-refractivity contribution < 1.29 is 14.3 Å². The van der Waals surface area contributed by atoms with Crippen molar-refractivity contribution in [2.75, 3.05) is 12.4 Å². The summed E-state index contributed by atoms with van der Waals surface area (Å²) in [6.07, 6.45) is 3.33. The number of hydrogen-bond acceptors (Lipinski definition) is 8. The van der Waals surface area contributed by atoms with E-state index in [0.29, 0.717) is 19.1 Å². The molecule has 4 rings (SSSR count). The van der Waals surface area contributed by atoms with Crippen LogP contribution in [-0.4, -0.2) is 38.9 Å². The van der Waals surface area contributed by atoms with Gasteiger partial charge in [0.15, 0.2) is 0 Å². The second-order valence-electron chi connectivity index (χ2n) is 8.57. The van der Waals surface area contributed by atoms with E-state index in [1.54, 1.807) is 17.7 Å². The summed E-state index contributed by atoms with van der Waals surface area (Å²) in [5, 5.41) is 1.93. The van der Waals surface area contributed by atoms with Crippen molar-refractivity contribution in [1.29, 1.82) is 0 Å². The highest BCUT2D eigenvalue weighted by molar-refractivity contribution is 8.00. The van der Waals surface area contributed by atoms with Gasteiger partial charge in [-0.2, -0.15) is 0 Å². The van der Waals surface area contributed by atoms with Gasteiger partial charge in [0.05, 0.1) is 34.8 Å². The molecule has 0 atom stereocenters. The Morgan fingerprint density at radius 3 is 2.87 bits per heavy atom. The molecule has 0 N–H and O–H groups in total. The molecule has 160 valence electrons. The van der Waals surface area contributed by atoms with Crippen molar-refractivity contribution in [3.05, 3.63) is 23.1 Å². The molecule has 0 aliphatic carbocycles. The Morgan fingerprint density at radius 1 is 1.33 bits per heavy atom. The summed E-state index contributed by atoms with van der Waals surface area (Å²) in [4.78, 5) is 26.9. The largest absolute Gasteiger partial charge is 0.465 e. The number of hydrogen-bond donors (Lipinski definition) is 0. The van der Waals surface area contributed by atoms with Crippen LogP contribution in [0.5, 0.6) is 0 Å². The normalized spacial score (nSPS) is 15.7. The highest BCUT2D eigenvalue weighted by Crippen LogP contribution is 2.42. The van der Waals surface area contributed by atoms with Gasteiger partial charge in [0, 0.05) is 23.1 Å². The zero-order chi connectivity index (χ0) is 21.5. The number of ether oxygens (including phenoxy) is 2. The molecule has 0 aromatic carbocycles. The van der Waals surface area contributed by atoms with E-state index in [1.807, 2.05) is 6.92 Å². The molecule has 0 bridgehead atoms. The number of esters is 1. The fourth-order valence-electron chi connectivity index (χ4n) is 3.84. The first-order chi connectivity index (χ1) is 14.3. The number of nitrogens with zero attached hydrogens (tertiary/aromatic N) is 3. The average molecular weight is 446 g/mol. The molecule has 3 aromatic heterocycles. The van der Waals surface area contributed by atoms with Crippen LogP contribution in [0, 0.1) is 5.92 Å². The van der Waals surface area contributed by atoms with Crippen LogP contribution in [0.15, 0.2) is 11.4 Å². The quantitative estimate of drug-likeness (QED) is 0.302. The Kier molecular flexibility index (Phi) is 6.01. The first-order valence-corrected chi connectivity index (χ1v) is 12.1. The Bertz CT molecular complexity index is 1110. The monoisotopic (exact) mass is 445 g/mol.